The molecule has 0 unspecified atom stereocenters. The van der Waals surface area contributed by atoms with Crippen molar-refractivity contribution in [1.29, 1.82) is 0 Å². The van der Waals surface area contributed by atoms with Crippen LogP contribution in [0.4, 0.5) is 0 Å². The molecule has 7 heteroatoms. The van der Waals surface area contributed by atoms with E-state index in [1.165, 1.54) is 24.6 Å². The third-order valence-electron chi connectivity index (χ3n) is 2.98. The topological polar surface area (TPSA) is 81.9 Å². The van der Waals surface area contributed by atoms with Gasteiger partial charge in [-0.1, -0.05) is 13.0 Å². The van der Waals surface area contributed by atoms with Gasteiger partial charge in [-0.25, -0.2) is 8.42 Å². The van der Waals surface area contributed by atoms with Gasteiger partial charge in [-0.05, 0) is 17.7 Å². The zero-order chi connectivity index (χ0) is 15.2. The van der Waals surface area contributed by atoms with Gasteiger partial charge in [-0.3, -0.25) is 0 Å². The Bertz CT molecular complexity index is 531. The highest BCUT2D eigenvalue weighted by Gasteiger charge is 2.26. The third kappa shape index (κ3) is 3.69. The van der Waals surface area contributed by atoms with Crippen molar-refractivity contribution >= 4 is 10.0 Å². The van der Waals surface area contributed by atoms with Crippen LogP contribution in [0.5, 0.6) is 5.75 Å². The number of hydrogen-bond donors (Lipinski definition) is 1. The van der Waals surface area contributed by atoms with Crippen LogP contribution < -0.4 is 10.5 Å². The summed E-state index contributed by atoms with van der Waals surface area (Å²) in [6.45, 7) is 3.13. The summed E-state index contributed by atoms with van der Waals surface area (Å²) in [5, 5.41) is 0. The van der Waals surface area contributed by atoms with Crippen molar-refractivity contribution in [3.05, 3.63) is 23.8 Å². The minimum absolute atomic E-state index is 0.148. The lowest BCUT2D eigenvalue weighted by molar-refractivity contribution is 0.180. The van der Waals surface area contributed by atoms with E-state index in [9.17, 15) is 8.42 Å². The van der Waals surface area contributed by atoms with Crippen LogP contribution in [-0.4, -0.2) is 46.6 Å². The van der Waals surface area contributed by atoms with Crippen LogP contribution in [0.2, 0.25) is 0 Å². The van der Waals surface area contributed by atoms with Gasteiger partial charge in [0.1, 0.15) is 10.6 Å². The number of ether oxygens (including phenoxy) is 2. The Morgan fingerprint density at radius 1 is 1.30 bits per heavy atom. The summed E-state index contributed by atoms with van der Waals surface area (Å²) in [7, 11) is -0.620. The highest BCUT2D eigenvalue weighted by Crippen LogP contribution is 2.27. The Hall–Kier alpha value is -1.15. The largest absolute Gasteiger partial charge is 0.495 e. The van der Waals surface area contributed by atoms with Crippen molar-refractivity contribution in [2.24, 2.45) is 5.73 Å². The second kappa shape index (κ2) is 7.58. The third-order valence-corrected chi connectivity index (χ3v) is 4.99. The summed E-state index contributed by atoms with van der Waals surface area (Å²) in [4.78, 5) is 0.148. The predicted molar refractivity (Wildman–Crippen MR) is 77.2 cm³/mol. The number of sulfonamides is 1. The number of methoxy groups -OCH3 is 2. The maximum atomic E-state index is 12.6. The molecule has 1 aromatic carbocycles. The predicted octanol–water partition coefficient (Wildman–Crippen LogP) is 0.811. The molecule has 6 nitrogen and oxygen atoms in total. The maximum Gasteiger partial charge on any atom is 0.246 e. The zero-order valence-corrected chi connectivity index (χ0v) is 12.9. The second-order valence-electron chi connectivity index (χ2n) is 4.18. The Morgan fingerprint density at radius 2 is 2.00 bits per heavy atom. The van der Waals surface area contributed by atoms with E-state index in [1.807, 2.05) is 0 Å². The number of benzene rings is 1. The molecule has 0 saturated heterocycles. The summed E-state index contributed by atoms with van der Waals surface area (Å²) < 4.78 is 36.7. The van der Waals surface area contributed by atoms with Crippen LogP contribution in [0.25, 0.3) is 0 Å². The molecule has 0 heterocycles. The summed E-state index contributed by atoms with van der Waals surface area (Å²) in [6, 6.07) is 4.88. The average molecular weight is 302 g/mol. The standard InChI is InChI=1S/C13H22N2O4S/c1-4-15(7-8-18-2)20(16,17)13-6-5-11(10-14)9-12(13)19-3/h5-6,9H,4,7-8,10,14H2,1-3H3. The number of nitrogens with two attached hydrogens (primary N) is 1. The number of rotatable bonds is 8. The molecule has 20 heavy (non-hydrogen) atoms. The van der Waals surface area contributed by atoms with Crippen LogP contribution >= 0.6 is 0 Å². The quantitative estimate of drug-likeness (QED) is 0.768. The molecule has 0 bridgehead atoms. The normalized spacial score (nSPS) is 11.8. The molecule has 1 rings (SSSR count). The molecule has 0 radical (unpaired) electrons. The van der Waals surface area contributed by atoms with Crippen molar-refractivity contribution < 1.29 is 17.9 Å². The first kappa shape index (κ1) is 16.9. The molecular weight excluding hydrogens is 280 g/mol. The Balaban J connectivity index is 3.19. The van der Waals surface area contributed by atoms with E-state index in [0.29, 0.717) is 32.0 Å². The first-order valence-electron chi connectivity index (χ1n) is 6.37. The molecule has 0 fully saturated rings. The van der Waals surface area contributed by atoms with Crippen molar-refractivity contribution in [3.63, 3.8) is 0 Å². The Morgan fingerprint density at radius 3 is 2.50 bits per heavy atom. The summed E-state index contributed by atoms with van der Waals surface area (Å²) in [5.41, 5.74) is 6.37. The monoisotopic (exact) mass is 302 g/mol. The lowest BCUT2D eigenvalue weighted by Gasteiger charge is -2.21. The smallest absolute Gasteiger partial charge is 0.246 e. The first-order chi connectivity index (χ1) is 9.51. The number of nitrogens with zero attached hydrogens (tertiary/aromatic N) is 1. The summed E-state index contributed by atoms with van der Waals surface area (Å²) >= 11 is 0. The minimum Gasteiger partial charge on any atom is -0.495 e. The number of hydrogen-bond acceptors (Lipinski definition) is 5. The first-order valence-corrected chi connectivity index (χ1v) is 7.81. The highest BCUT2D eigenvalue weighted by atomic mass is 32.2. The molecule has 114 valence electrons. The molecule has 0 saturated carbocycles. The fraction of sp³-hybridized carbons (Fsp3) is 0.538. The lowest BCUT2D eigenvalue weighted by atomic mass is 10.2. The molecule has 2 N–H and O–H groups in total. The molecule has 0 aromatic heterocycles. The van der Waals surface area contributed by atoms with Crippen molar-refractivity contribution in [2.45, 2.75) is 18.4 Å². The van der Waals surface area contributed by atoms with Crippen LogP contribution in [0.1, 0.15) is 12.5 Å². The van der Waals surface area contributed by atoms with E-state index >= 15 is 0 Å². The molecule has 0 aliphatic heterocycles. The van der Waals surface area contributed by atoms with Crippen LogP contribution in [0.15, 0.2) is 23.1 Å². The average Bonchev–Trinajstić information content (AvgIpc) is 2.46. The molecule has 0 amide bonds. The molecule has 0 atom stereocenters. The van der Waals surface area contributed by atoms with E-state index < -0.39 is 10.0 Å². The highest BCUT2D eigenvalue weighted by molar-refractivity contribution is 7.89. The SMILES string of the molecule is CCN(CCOC)S(=O)(=O)c1ccc(CN)cc1OC. The van der Waals surface area contributed by atoms with Gasteiger partial charge in [0.2, 0.25) is 10.0 Å². The van der Waals surface area contributed by atoms with Gasteiger partial charge in [0.25, 0.3) is 0 Å². The lowest BCUT2D eigenvalue weighted by Crippen LogP contribution is -2.34. The van der Waals surface area contributed by atoms with Gasteiger partial charge in [-0.2, -0.15) is 4.31 Å². The molecular formula is C13H22N2O4S. The molecule has 0 spiro atoms. The van der Waals surface area contributed by atoms with E-state index in [-0.39, 0.29) is 4.90 Å². The van der Waals surface area contributed by atoms with Gasteiger partial charge in [0.15, 0.2) is 0 Å². The molecule has 0 aliphatic rings. The summed E-state index contributed by atoms with van der Waals surface area (Å²) in [5.74, 6) is 0.309. The van der Waals surface area contributed by atoms with Gasteiger partial charge in [-0.15, -0.1) is 0 Å². The van der Waals surface area contributed by atoms with Gasteiger partial charge >= 0.3 is 0 Å². The molecule has 1 aromatic rings. The van der Waals surface area contributed by atoms with E-state index in [4.69, 9.17) is 15.2 Å². The second-order valence-corrected chi connectivity index (χ2v) is 6.09. The van der Waals surface area contributed by atoms with Gasteiger partial charge < -0.3 is 15.2 Å². The van der Waals surface area contributed by atoms with Crippen LogP contribution in [-0.2, 0) is 21.3 Å². The minimum atomic E-state index is -3.60. The number of likely N-dealkylation sites (N-methyl/N-ethyl adjacent to an activating group) is 1. The van der Waals surface area contributed by atoms with E-state index in [1.54, 1.807) is 19.1 Å². The van der Waals surface area contributed by atoms with Crippen molar-refractivity contribution in [2.75, 3.05) is 33.9 Å². The molecule has 0 aliphatic carbocycles. The summed E-state index contributed by atoms with van der Waals surface area (Å²) in [6.07, 6.45) is 0. The fourth-order valence-electron chi connectivity index (χ4n) is 1.83. The van der Waals surface area contributed by atoms with E-state index in [2.05, 4.69) is 0 Å². The Labute approximate surface area is 120 Å². The van der Waals surface area contributed by atoms with Crippen LogP contribution in [0.3, 0.4) is 0 Å². The Kier molecular flexibility index (Phi) is 6.41. The van der Waals surface area contributed by atoms with E-state index in [0.717, 1.165) is 5.56 Å². The van der Waals surface area contributed by atoms with Gasteiger partial charge in [0.05, 0.1) is 13.7 Å². The van der Waals surface area contributed by atoms with Crippen molar-refractivity contribution in [1.82, 2.24) is 4.31 Å². The van der Waals surface area contributed by atoms with Gasteiger partial charge in [0, 0.05) is 26.7 Å². The maximum absolute atomic E-state index is 12.6. The van der Waals surface area contributed by atoms with Crippen molar-refractivity contribution in [3.8, 4) is 5.75 Å². The zero-order valence-electron chi connectivity index (χ0n) is 12.1. The van der Waals surface area contributed by atoms with Crippen LogP contribution in [0, 0.1) is 0 Å². The fourth-order valence-corrected chi connectivity index (χ4v) is 3.40.